The third-order valence-corrected chi connectivity index (χ3v) is 8.01. The number of nitrogens with zero attached hydrogens (tertiary/aromatic N) is 2. The van der Waals surface area contributed by atoms with Crippen LogP contribution in [0.5, 0.6) is 11.5 Å². The average Bonchev–Trinajstić information content (AvgIpc) is 3.25. The lowest BCUT2D eigenvalue weighted by Gasteiger charge is -2.25. The van der Waals surface area contributed by atoms with Gasteiger partial charge in [0.15, 0.2) is 4.80 Å². The Balaban J connectivity index is 1.62. The fourth-order valence-corrected chi connectivity index (χ4v) is 6.09. The molecule has 216 valence electrons. The molecule has 42 heavy (non-hydrogen) atoms. The Labute approximate surface area is 256 Å². The van der Waals surface area contributed by atoms with E-state index < -0.39 is 12.0 Å². The van der Waals surface area contributed by atoms with Crippen LogP contribution in [0.15, 0.2) is 87.8 Å². The van der Waals surface area contributed by atoms with Crippen LogP contribution in [0.2, 0.25) is 10.0 Å². The predicted octanol–water partition coefficient (Wildman–Crippen LogP) is 6.08. The number of ether oxygens (including phenoxy) is 3. The fourth-order valence-electron chi connectivity index (χ4n) is 4.65. The number of carbonyl (C=O) groups excluding carboxylic acids is 1. The minimum atomic E-state index is -0.738. The van der Waals surface area contributed by atoms with Gasteiger partial charge in [-0.3, -0.25) is 9.36 Å². The number of methoxy groups -OCH3 is 1. The highest BCUT2D eigenvalue weighted by molar-refractivity contribution is 7.07. The number of benzene rings is 3. The van der Waals surface area contributed by atoms with Crippen molar-refractivity contribution in [2.24, 2.45) is 4.99 Å². The van der Waals surface area contributed by atoms with Crippen LogP contribution in [-0.2, 0) is 16.1 Å². The van der Waals surface area contributed by atoms with Gasteiger partial charge in [0.25, 0.3) is 5.56 Å². The fraction of sp³-hybridized carbons (Fsp3) is 0.219. The first-order valence-corrected chi connectivity index (χ1v) is 14.8. The van der Waals surface area contributed by atoms with Gasteiger partial charge < -0.3 is 14.2 Å². The predicted molar refractivity (Wildman–Crippen MR) is 165 cm³/mol. The minimum absolute atomic E-state index is 0.280. The van der Waals surface area contributed by atoms with Crippen LogP contribution in [-0.4, -0.2) is 23.8 Å². The number of thiazole rings is 1. The zero-order valence-corrected chi connectivity index (χ0v) is 25.7. The summed E-state index contributed by atoms with van der Waals surface area (Å²) in [4.78, 5) is 32.5. The molecular formula is C32H28Cl2N2O5S. The normalized spacial score (nSPS) is 14.9. The smallest absolute Gasteiger partial charge is 0.338 e. The number of hydrogen-bond donors (Lipinski definition) is 0. The molecule has 1 atom stereocenters. The molecule has 0 amide bonds. The molecule has 0 saturated carbocycles. The van der Waals surface area contributed by atoms with E-state index in [0.717, 1.165) is 11.1 Å². The molecule has 1 aliphatic heterocycles. The lowest BCUT2D eigenvalue weighted by atomic mass is 9.96. The molecule has 2 heterocycles. The largest absolute Gasteiger partial charge is 0.497 e. The summed E-state index contributed by atoms with van der Waals surface area (Å²) in [7, 11) is 1.58. The van der Waals surface area contributed by atoms with Gasteiger partial charge in [-0.2, -0.15) is 0 Å². The summed E-state index contributed by atoms with van der Waals surface area (Å²) in [6.07, 6.45) is 1.39. The Morgan fingerprint density at radius 2 is 1.81 bits per heavy atom. The van der Waals surface area contributed by atoms with Crippen molar-refractivity contribution in [2.75, 3.05) is 7.11 Å². The van der Waals surface area contributed by atoms with Crippen molar-refractivity contribution in [2.45, 2.75) is 39.5 Å². The van der Waals surface area contributed by atoms with E-state index >= 15 is 0 Å². The summed E-state index contributed by atoms with van der Waals surface area (Å²) in [5, 5.41) is 1.11. The van der Waals surface area contributed by atoms with Crippen molar-refractivity contribution in [1.82, 2.24) is 4.57 Å². The summed E-state index contributed by atoms with van der Waals surface area (Å²) >= 11 is 13.7. The van der Waals surface area contributed by atoms with E-state index in [0.29, 0.717) is 47.7 Å². The van der Waals surface area contributed by atoms with Crippen molar-refractivity contribution < 1.29 is 19.0 Å². The molecule has 5 rings (SSSR count). The van der Waals surface area contributed by atoms with E-state index in [1.54, 1.807) is 74.9 Å². The van der Waals surface area contributed by atoms with Gasteiger partial charge in [0.1, 0.15) is 18.1 Å². The van der Waals surface area contributed by atoms with Gasteiger partial charge in [-0.25, -0.2) is 9.79 Å². The highest BCUT2D eigenvalue weighted by Gasteiger charge is 2.33. The highest BCUT2D eigenvalue weighted by Crippen LogP contribution is 2.32. The topological polar surface area (TPSA) is 79.1 Å². The molecule has 10 heteroatoms. The van der Waals surface area contributed by atoms with Crippen LogP contribution >= 0.6 is 34.5 Å². The van der Waals surface area contributed by atoms with Crippen molar-refractivity contribution in [3.8, 4) is 11.5 Å². The molecular weight excluding hydrogens is 595 g/mol. The second-order valence-corrected chi connectivity index (χ2v) is 11.8. The van der Waals surface area contributed by atoms with Gasteiger partial charge in [0.05, 0.1) is 35.1 Å². The van der Waals surface area contributed by atoms with Gasteiger partial charge >= 0.3 is 5.97 Å². The maximum Gasteiger partial charge on any atom is 0.338 e. The molecule has 0 fully saturated rings. The molecule has 0 N–H and O–H groups in total. The van der Waals surface area contributed by atoms with E-state index in [4.69, 9.17) is 37.4 Å². The molecule has 0 saturated heterocycles. The first-order chi connectivity index (χ1) is 20.1. The molecule has 7 nitrogen and oxygen atoms in total. The van der Waals surface area contributed by atoms with Crippen LogP contribution in [0.1, 0.15) is 43.5 Å². The standard InChI is InChI=1S/C32H28Cl2N2O5S/c1-18(2)41-31(38)28-19(3)35-32-36(29(28)21-8-11-25(39-4)12-9-21)30(37)27(42-32)16-22-15-24(34)10-13-26(22)40-17-20-6-5-7-23(33)14-20/h5-16,18,29H,17H2,1-4H3/b27-16-/t29-/m0/s1. The third kappa shape index (κ3) is 6.31. The summed E-state index contributed by atoms with van der Waals surface area (Å²) in [6, 6.07) is 19.2. The number of halogens is 2. The van der Waals surface area contributed by atoms with Crippen molar-refractivity contribution in [3.63, 3.8) is 0 Å². The third-order valence-electron chi connectivity index (χ3n) is 6.56. The molecule has 0 spiro atoms. The van der Waals surface area contributed by atoms with Crippen LogP contribution in [0.3, 0.4) is 0 Å². The Morgan fingerprint density at radius 3 is 2.50 bits per heavy atom. The Morgan fingerprint density at radius 1 is 1.07 bits per heavy atom. The lowest BCUT2D eigenvalue weighted by molar-refractivity contribution is -0.143. The maximum atomic E-state index is 14.0. The number of esters is 1. The summed E-state index contributed by atoms with van der Waals surface area (Å²) < 4.78 is 18.9. The van der Waals surface area contributed by atoms with Gasteiger partial charge in [-0.1, -0.05) is 58.8 Å². The summed E-state index contributed by atoms with van der Waals surface area (Å²) in [5.74, 6) is 0.687. The average molecular weight is 624 g/mol. The van der Waals surface area contributed by atoms with Gasteiger partial charge in [-0.05, 0) is 80.4 Å². The first kappa shape index (κ1) is 29.6. The number of rotatable bonds is 8. The van der Waals surface area contributed by atoms with Crippen molar-refractivity contribution >= 4 is 46.6 Å². The number of allylic oxidation sites excluding steroid dienone is 1. The first-order valence-electron chi connectivity index (χ1n) is 13.2. The van der Waals surface area contributed by atoms with Crippen LogP contribution in [0.4, 0.5) is 0 Å². The second kappa shape index (κ2) is 12.6. The van der Waals surface area contributed by atoms with Gasteiger partial charge in [-0.15, -0.1) is 0 Å². The Kier molecular flexibility index (Phi) is 8.87. The molecule has 1 aliphatic rings. The van der Waals surface area contributed by atoms with Crippen LogP contribution in [0.25, 0.3) is 6.08 Å². The zero-order valence-electron chi connectivity index (χ0n) is 23.4. The molecule has 3 aromatic carbocycles. The molecule has 0 aliphatic carbocycles. The maximum absolute atomic E-state index is 14.0. The Bertz CT molecular complexity index is 1860. The van der Waals surface area contributed by atoms with Crippen LogP contribution in [0, 0.1) is 0 Å². The molecule has 0 radical (unpaired) electrons. The quantitative estimate of drug-likeness (QED) is 0.223. The van der Waals surface area contributed by atoms with E-state index in [9.17, 15) is 9.59 Å². The molecule has 4 aromatic rings. The SMILES string of the molecule is COc1ccc([C@H]2C(C(=O)OC(C)C)=C(C)N=c3s/c(=C\c4cc(Cl)ccc4OCc4cccc(Cl)c4)c(=O)n32)cc1. The number of fused-ring (bicyclic) bond motifs is 1. The van der Waals surface area contributed by atoms with Crippen molar-refractivity contribution in [3.05, 3.63) is 124 Å². The van der Waals surface area contributed by atoms with Gasteiger partial charge in [0, 0.05) is 15.6 Å². The summed E-state index contributed by atoms with van der Waals surface area (Å²) in [6.45, 7) is 5.59. The molecule has 0 bridgehead atoms. The van der Waals surface area contributed by atoms with Crippen molar-refractivity contribution in [1.29, 1.82) is 0 Å². The minimum Gasteiger partial charge on any atom is -0.497 e. The number of aromatic nitrogens is 1. The lowest BCUT2D eigenvalue weighted by Crippen LogP contribution is -2.40. The Hall–Kier alpha value is -3.85. The second-order valence-electron chi connectivity index (χ2n) is 9.91. The van der Waals surface area contributed by atoms with E-state index in [1.165, 1.54) is 11.3 Å². The van der Waals surface area contributed by atoms with E-state index in [-0.39, 0.29) is 18.3 Å². The summed E-state index contributed by atoms with van der Waals surface area (Å²) in [5.41, 5.74) is 2.75. The molecule has 1 aromatic heterocycles. The zero-order chi connectivity index (χ0) is 30.0. The van der Waals surface area contributed by atoms with E-state index in [2.05, 4.69) is 4.99 Å². The number of carbonyl (C=O) groups is 1. The monoisotopic (exact) mass is 622 g/mol. The van der Waals surface area contributed by atoms with Crippen LogP contribution < -0.4 is 24.4 Å². The number of hydrogen-bond acceptors (Lipinski definition) is 7. The van der Waals surface area contributed by atoms with E-state index in [1.807, 2.05) is 30.3 Å². The molecule has 0 unspecified atom stereocenters. The van der Waals surface area contributed by atoms with Gasteiger partial charge in [0.2, 0.25) is 0 Å². The highest BCUT2D eigenvalue weighted by atomic mass is 35.5.